The standard InChI is InChI=1S/C22H39NO2/c1-2-3-4-5-6-7-8-9-10-11-12-13-14-15-16-17-18-19-22(25)23-20-21-24/h9-10,12-13,15-16,24H,2-8,11,14,17-21H2,1H3,(H,23,25)/b10-9+,13-12+,16-15+. The first kappa shape index (κ1) is 23.6. The van der Waals surface area contributed by atoms with Gasteiger partial charge in [-0.05, 0) is 38.5 Å². The van der Waals surface area contributed by atoms with Crippen LogP contribution >= 0.6 is 0 Å². The molecule has 25 heavy (non-hydrogen) atoms. The van der Waals surface area contributed by atoms with Gasteiger partial charge in [0, 0.05) is 13.0 Å². The number of hydrogen-bond acceptors (Lipinski definition) is 2. The third-order valence-corrected chi connectivity index (χ3v) is 3.98. The molecule has 0 unspecified atom stereocenters. The maximum Gasteiger partial charge on any atom is 0.220 e. The molecule has 3 heteroatoms. The van der Waals surface area contributed by atoms with Gasteiger partial charge in [-0.1, -0.05) is 75.5 Å². The van der Waals surface area contributed by atoms with Gasteiger partial charge in [0.15, 0.2) is 0 Å². The number of hydrogen-bond donors (Lipinski definition) is 2. The van der Waals surface area contributed by atoms with Crippen molar-refractivity contribution in [2.45, 2.75) is 84.0 Å². The molecule has 0 saturated carbocycles. The summed E-state index contributed by atoms with van der Waals surface area (Å²) in [4.78, 5) is 11.3. The first-order chi connectivity index (χ1) is 12.3. The van der Waals surface area contributed by atoms with E-state index in [0.29, 0.717) is 13.0 Å². The Labute approximate surface area is 155 Å². The number of nitrogens with one attached hydrogen (secondary N) is 1. The highest BCUT2D eigenvalue weighted by Crippen LogP contribution is 2.07. The van der Waals surface area contributed by atoms with Crippen LogP contribution in [0.5, 0.6) is 0 Å². The van der Waals surface area contributed by atoms with E-state index < -0.39 is 0 Å². The Morgan fingerprint density at radius 2 is 1.36 bits per heavy atom. The van der Waals surface area contributed by atoms with Crippen LogP contribution in [-0.4, -0.2) is 24.2 Å². The van der Waals surface area contributed by atoms with E-state index in [0.717, 1.165) is 25.7 Å². The lowest BCUT2D eigenvalue weighted by Crippen LogP contribution is -2.25. The monoisotopic (exact) mass is 349 g/mol. The molecule has 0 spiro atoms. The molecule has 0 fully saturated rings. The normalized spacial score (nSPS) is 11.9. The topological polar surface area (TPSA) is 49.3 Å². The molecule has 0 radical (unpaired) electrons. The number of rotatable bonds is 17. The van der Waals surface area contributed by atoms with Crippen molar-refractivity contribution < 1.29 is 9.90 Å². The van der Waals surface area contributed by atoms with Crippen LogP contribution in [0.25, 0.3) is 0 Å². The summed E-state index contributed by atoms with van der Waals surface area (Å²) in [6, 6.07) is 0. The van der Waals surface area contributed by atoms with E-state index in [1.54, 1.807) is 0 Å². The quantitative estimate of drug-likeness (QED) is 0.270. The lowest BCUT2D eigenvalue weighted by Gasteiger charge is -2.00. The summed E-state index contributed by atoms with van der Waals surface area (Å²) in [6.45, 7) is 2.62. The van der Waals surface area contributed by atoms with Crippen molar-refractivity contribution in [1.82, 2.24) is 5.32 Å². The number of unbranched alkanes of at least 4 members (excludes halogenated alkanes) is 7. The van der Waals surface area contributed by atoms with Gasteiger partial charge in [-0.15, -0.1) is 0 Å². The second-order valence-electron chi connectivity index (χ2n) is 6.41. The zero-order valence-electron chi connectivity index (χ0n) is 16.2. The Bertz CT molecular complexity index is 372. The van der Waals surface area contributed by atoms with Crippen LogP contribution in [0.4, 0.5) is 0 Å². The molecule has 0 aliphatic carbocycles. The van der Waals surface area contributed by atoms with Crippen molar-refractivity contribution in [3.05, 3.63) is 36.5 Å². The second kappa shape index (κ2) is 20.7. The SMILES string of the molecule is CCCCCCCC/C=C/C/C=C/C/C=C/CCCC(=O)NCCO. The van der Waals surface area contributed by atoms with Gasteiger partial charge in [-0.25, -0.2) is 0 Å². The zero-order chi connectivity index (χ0) is 18.4. The largest absolute Gasteiger partial charge is 0.395 e. The fraction of sp³-hybridized carbons (Fsp3) is 0.682. The summed E-state index contributed by atoms with van der Waals surface area (Å²) >= 11 is 0. The molecular weight excluding hydrogens is 310 g/mol. The Morgan fingerprint density at radius 3 is 2.00 bits per heavy atom. The van der Waals surface area contributed by atoms with Crippen molar-refractivity contribution in [2.24, 2.45) is 0 Å². The number of allylic oxidation sites excluding steroid dienone is 6. The van der Waals surface area contributed by atoms with Gasteiger partial charge in [0.25, 0.3) is 0 Å². The van der Waals surface area contributed by atoms with E-state index >= 15 is 0 Å². The van der Waals surface area contributed by atoms with Crippen molar-refractivity contribution in [3.63, 3.8) is 0 Å². The summed E-state index contributed by atoms with van der Waals surface area (Å²) in [5.74, 6) is 0.0232. The Kier molecular flexibility index (Phi) is 19.6. The second-order valence-corrected chi connectivity index (χ2v) is 6.41. The van der Waals surface area contributed by atoms with Gasteiger partial charge in [-0.2, -0.15) is 0 Å². The molecule has 0 aliphatic heterocycles. The van der Waals surface area contributed by atoms with Crippen LogP contribution in [0.1, 0.15) is 84.0 Å². The smallest absolute Gasteiger partial charge is 0.220 e. The first-order valence-corrected chi connectivity index (χ1v) is 10.1. The molecule has 0 saturated heterocycles. The van der Waals surface area contributed by atoms with Crippen LogP contribution in [-0.2, 0) is 4.79 Å². The maximum absolute atomic E-state index is 11.3. The molecule has 0 atom stereocenters. The molecule has 144 valence electrons. The lowest BCUT2D eigenvalue weighted by atomic mass is 10.1. The third-order valence-electron chi connectivity index (χ3n) is 3.98. The average molecular weight is 350 g/mol. The molecule has 0 heterocycles. The van der Waals surface area contributed by atoms with Crippen LogP contribution in [0.2, 0.25) is 0 Å². The summed E-state index contributed by atoms with van der Waals surface area (Å²) < 4.78 is 0. The van der Waals surface area contributed by atoms with E-state index in [4.69, 9.17) is 5.11 Å². The Hall–Kier alpha value is -1.35. The first-order valence-electron chi connectivity index (χ1n) is 10.1. The van der Waals surface area contributed by atoms with Crippen molar-refractivity contribution in [2.75, 3.05) is 13.2 Å². The molecule has 0 aromatic heterocycles. The highest BCUT2D eigenvalue weighted by atomic mass is 16.3. The zero-order valence-corrected chi connectivity index (χ0v) is 16.2. The van der Waals surface area contributed by atoms with Crippen LogP contribution in [0.3, 0.4) is 0 Å². The molecule has 2 N–H and O–H groups in total. The lowest BCUT2D eigenvalue weighted by molar-refractivity contribution is -0.121. The Morgan fingerprint density at radius 1 is 0.800 bits per heavy atom. The molecule has 0 rings (SSSR count). The number of aliphatic hydroxyl groups is 1. The predicted molar refractivity (Wildman–Crippen MR) is 109 cm³/mol. The molecule has 0 aliphatic rings. The van der Waals surface area contributed by atoms with Crippen molar-refractivity contribution in [1.29, 1.82) is 0 Å². The minimum Gasteiger partial charge on any atom is -0.395 e. The highest BCUT2D eigenvalue weighted by Gasteiger charge is 1.97. The van der Waals surface area contributed by atoms with Gasteiger partial charge in [0.05, 0.1) is 6.61 Å². The summed E-state index contributed by atoms with van der Waals surface area (Å²) in [7, 11) is 0. The summed E-state index contributed by atoms with van der Waals surface area (Å²) in [5.41, 5.74) is 0. The van der Waals surface area contributed by atoms with Crippen molar-refractivity contribution >= 4 is 5.91 Å². The minimum absolute atomic E-state index is 0.00616. The van der Waals surface area contributed by atoms with Gasteiger partial charge in [0.2, 0.25) is 5.91 Å². The van der Waals surface area contributed by atoms with Crippen molar-refractivity contribution in [3.8, 4) is 0 Å². The average Bonchev–Trinajstić information content (AvgIpc) is 2.62. The highest BCUT2D eigenvalue weighted by molar-refractivity contribution is 5.75. The van der Waals surface area contributed by atoms with E-state index in [9.17, 15) is 4.79 Å². The molecule has 0 aromatic carbocycles. The number of carbonyl (C=O) groups excluding carboxylic acids is 1. The van der Waals surface area contributed by atoms with E-state index in [-0.39, 0.29) is 12.5 Å². The molecule has 0 bridgehead atoms. The summed E-state index contributed by atoms with van der Waals surface area (Å²) in [5, 5.41) is 11.3. The molecular formula is C22H39NO2. The van der Waals surface area contributed by atoms with Gasteiger partial charge in [0.1, 0.15) is 0 Å². The number of carbonyl (C=O) groups is 1. The Balaban J connectivity index is 3.36. The van der Waals surface area contributed by atoms with Gasteiger partial charge in [-0.3, -0.25) is 4.79 Å². The maximum atomic E-state index is 11.3. The minimum atomic E-state index is 0.00616. The van der Waals surface area contributed by atoms with E-state index in [1.807, 2.05) is 0 Å². The van der Waals surface area contributed by atoms with E-state index in [2.05, 4.69) is 48.7 Å². The van der Waals surface area contributed by atoms with Gasteiger partial charge < -0.3 is 10.4 Å². The van der Waals surface area contributed by atoms with Crippen LogP contribution in [0, 0.1) is 0 Å². The van der Waals surface area contributed by atoms with Gasteiger partial charge >= 0.3 is 0 Å². The number of amides is 1. The molecule has 3 nitrogen and oxygen atoms in total. The fourth-order valence-corrected chi connectivity index (χ4v) is 2.48. The predicted octanol–water partition coefficient (Wildman–Crippen LogP) is 5.46. The fourth-order valence-electron chi connectivity index (χ4n) is 2.48. The summed E-state index contributed by atoms with van der Waals surface area (Å²) in [6.07, 6.45) is 27.0. The molecule has 0 aromatic rings. The van der Waals surface area contributed by atoms with Crippen LogP contribution in [0.15, 0.2) is 36.5 Å². The van der Waals surface area contributed by atoms with E-state index in [1.165, 1.54) is 44.9 Å². The van der Waals surface area contributed by atoms with Crippen LogP contribution < -0.4 is 5.32 Å². The molecule has 1 amide bonds. The third kappa shape index (κ3) is 20.6. The number of aliphatic hydroxyl groups excluding tert-OH is 1.